The summed E-state index contributed by atoms with van der Waals surface area (Å²) in [5.41, 5.74) is 1.35. The van der Waals surface area contributed by atoms with Gasteiger partial charge in [-0.3, -0.25) is 0 Å². The smallest absolute Gasteiger partial charge is 0.127 e. The molecule has 0 aliphatic heterocycles. The number of hydrogen-bond acceptors (Lipinski definition) is 2. The molecule has 2 aliphatic carbocycles. The van der Waals surface area contributed by atoms with E-state index in [4.69, 9.17) is 4.42 Å². The Kier molecular flexibility index (Phi) is 2.83. The standard InChI is InChI=1S/C15H21NO/c1-10(9-16-12-3-4-12)7-13-5-6-15(17-13)14-8-11(14)2/h5-7,11-12,14,16H,3-4,8-9H2,1-2H3. The molecule has 2 atom stereocenters. The quantitative estimate of drug-likeness (QED) is 0.838. The number of hydrogen-bond donors (Lipinski definition) is 1. The first kappa shape index (κ1) is 11.1. The molecule has 1 heterocycles. The zero-order valence-corrected chi connectivity index (χ0v) is 10.7. The molecule has 0 bridgehead atoms. The van der Waals surface area contributed by atoms with Crippen LogP contribution in [0.5, 0.6) is 0 Å². The van der Waals surface area contributed by atoms with Gasteiger partial charge in [0.05, 0.1) is 0 Å². The average molecular weight is 231 g/mol. The summed E-state index contributed by atoms with van der Waals surface area (Å²) in [6.07, 6.45) is 6.14. The van der Waals surface area contributed by atoms with E-state index in [0.717, 1.165) is 24.3 Å². The van der Waals surface area contributed by atoms with Gasteiger partial charge in [0.15, 0.2) is 0 Å². The van der Waals surface area contributed by atoms with Gasteiger partial charge in [-0.15, -0.1) is 0 Å². The lowest BCUT2D eigenvalue weighted by molar-refractivity contribution is 0.497. The van der Waals surface area contributed by atoms with Gasteiger partial charge in [-0.2, -0.15) is 0 Å². The van der Waals surface area contributed by atoms with Crippen molar-refractivity contribution in [3.8, 4) is 0 Å². The molecule has 2 saturated carbocycles. The first-order valence-corrected chi connectivity index (χ1v) is 6.72. The van der Waals surface area contributed by atoms with E-state index in [0.29, 0.717) is 5.92 Å². The second-order valence-electron chi connectivity index (χ2n) is 5.71. The molecule has 0 aromatic carbocycles. The van der Waals surface area contributed by atoms with Crippen molar-refractivity contribution >= 4 is 6.08 Å². The predicted octanol–water partition coefficient (Wildman–Crippen LogP) is 3.56. The highest BCUT2D eigenvalue weighted by molar-refractivity contribution is 5.47. The van der Waals surface area contributed by atoms with Gasteiger partial charge in [-0.25, -0.2) is 0 Å². The molecule has 0 amide bonds. The zero-order valence-electron chi connectivity index (χ0n) is 10.7. The van der Waals surface area contributed by atoms with E-state index in [1.54, 1.807) is 0 Å². The van der Waals surface area contributed by atoms with Gasteiger partial charge >= 0.3 is 0 Å². The van der Waals surface area contributed by atoms with Crippen molar-refractivity contribution < 1.29 is 4.42 Å². The Morgan fingerprint density at radius 2 is 2.24 bits per heavy atom. The third-order valence-corrected chi connectivity index (χ3v) is 3.76. The Bertz CT molecular complexity index is 428. The molecule has 17 heavy (non-hydrogen) atoms. The summed E-state index contributed by atoms with van der Waals surface area (Å²) in [6, 6.07) is 5.01. The van der Waals surface area contributed by atoms with E-state index < -0.39 is 0 Å². The maximum absolute atomic E-state index is 5.87. The van der Waals surface area contributed by atoms with Crippen LogP contribution in [0.25, 0.3) is 6.08 Å². The normalized spacial score (nSPS) is 28.5. The largest absolute Gasteiger partial charge is 0.461 e. The summed E-state index contributed by atoms with van der Waals surface area (Å²) < 4.78 is 5.87. The van der Waals surface area contributed by atoms with Crippen LogP contribution in [0.15, 0.2) is 22.1 Å². The molecule has 3 rings (SSSR count). The molecule has 0 radical (unpaired) electrons. The lowest BCUT2D eigenvalue weighted by Crippen LogP contribution is -2.18. The van der Waals surface area contributed by atoms with Gasteiger partial charge in [-0.1, -0.05) is 12.5 Å². The lowest BCUT2D eigenvalue weighted by atomic mass is 10.2. The molecule has 0 saturated heterocycles. The highest BCUT2D eigenvalue weighted by Gasteiger charge is 2.36. The zero-order chi connectivity index (χ0) is 11.8. The van der Waals surface area contributed by atoms with Crippen LogP contribution in [-0.4, -0.2) is 12.6 Å². The molecule has 1 N–H and O–H groups in total. The lowest BCUT2D eigenvalue weighted by Gasteiger charge is -2.01. The van der Waals surface area contributed by atoms with E-state index in [1.165, 1.54) is 30.6 Å². The molecule has 92 valence electrons. The van der Waals surface area contributed by atoms with Crippen LogP contribution in [0.2, 0.25) is 0 Å². The third-order valence-electron chi connectivity index (χ3n) is 3.76. The highest BCUT2D eigenvalue weighted by Crippen LogP contribution is 2.47. The maximum atomic E-state index is 5.87. The molecule has 2 aliphatic rings. The summed E-state index contributed by atoms with van der Waals surface area (Å²) in [5.74, 6) is 3.68. The summed E-state index contributed by atoms with van der Waals surface area (Å²) in [6.45, 7) is 5.44. The van der Waals surface area contributed by atoms with Gasteiger partial charge in [0, 0.05) is 18.5 Å². The Morgan fingerprint density at radius 3 is 2.88 bits per heavy atom. The molecule has 2 fully saturated rings. The molecule has 2 nitrogen and oxygen atoms in total. The van der Waals surface area contributed by atoms with Crippen molar-refractivity contribution in [1.29, 1.82) is 0 Å². The Morgan fingerprint density at radius 1 is 1.47 bits per heavy atom. The Labute approximate surface area is 103 Å². The van der Waals surface area contributed by atoms with E-state index in [1.807, 2.05) is 0 Å². The minimum atomic E-state index is 0.682. The van der Waals surface area contributed by atoms with Crippen molar-refractivity contribution in [1.82, 2.24) is 5.32 Å². The number of nitrogens with one attached hydrogen (secondary N) is 1. The third kappa shape index (κ3) is 2.81. The fraction of sp³-hybridized carbons (Fsp3) is 0.600. The highest BCUT2D eigenvalue weighted by atomic mass is 16.3. The van der Waals surface area contributed by atoms with Gasteiger partial charge in [0.2, 0.25) is 0 Å². The van der Waals surface area contributed by atoms with Crippen LogP contribution in [0.1, 0.15) is 50.5 Å². The summed E-state index contributed by atoms with van der Waals surface area (Å²) in [4.78, 5) is 0. The monoisotopic (exact) mass is 231 g/mol. The van der Waals surface area contributed by atoms with Crippen molar-refractivity contribution in [3.63, 3.8) is 0 Å². The molecular weight excluding hydrogens is 210 g/mol. The van der Waals surface area contributed by atoms with Gasteiger partial charge < -0.3 is 9.73 Å². The van der Waals surface area contributed by atoms with Crippen LogP contribution in [0, 0.1) is 5.92 Å². The molecule has 0 spiro atoms. The fourth-order valence-electron chi connectivity index (χ4n) is 2.25. The van der Waals surface area contributed by atoms with Crippen molar-refractivity contribution in [2.45, 2.75) is 45.1 Å². The average Bonchev–Trinajstić information content (AvgIpc) is 3.20. The molecular formula is C15H21NO. The van der Waals surface area contributed by atoms with E-state index in [2.05, 4.69) is 37.4 Å². The molecule has 1 aromatic heterocycles. The van der Waals surface area contributed by atoms with Gasteiger partial charge in [0.1, 0.15) is 11.5 Å². The summed E-state index contributed by atoms with van der Waals surface area (Å²) in [5, 5.41) is 3.52. The Balaban J connectivity index is 1.58. The van der Waals surface area contributed by atoms with Crippen LogP contribution in [-0.2, 0) is 0 Å². The second-order valence-corrected chi connectivity index (χ2v) is 5.71. The van der Waals surface area contributed by atoms with Crippen molar-refractivity contribution in [2.75, 3.05) is 6.54 Å². The summed E-state index contributed by atoms with van der Waals surface area (Å²) in [7, 11) is 0. The maximum Gasteiger partial charge on any atom is 0.127 e. The van der Waals surface area contributed by atoms with Crippen LogP contribution >= 0.6 is 0 Å². The van der Waals surface area contributed by atoms with E-state index in [-0.39, 0.29) is 0 Å². The molecule has 2 heteroatoms. The van der Waals surface area contributed by atoms with Crippen LogP contribution in [0.4, 0.5) is 0 Å². The predicted molar refractivity (Wildman–Crippen MR) is 69.9 cm³/mol. The van der Waals surface area contributed by atoms with Gasteiger partial charge in [0.25, 0.3) is 0 Å². The van der Waals surface area contributed by atoms with Crippen molar-refractivity contribution in [3.05, 3.63) is 29.2 Å². The fourth-order valence-corrected chi connectivity index (χ4v) is 2.25. The minimum Gasteiger partial charge on any atom is -0.461 e. The molecule has 1 aromatic rings. The SMILES string of the molecule is CC(=Cc1ccc(C2CC2C)o1)CNC1CC1. The van der Waals surface area contributed by atoms with Crippen molar-refractivity contribution in [2.24, 2.45) is 5.92 Å². The topological polar surface area (TPSA) is 25.2 Å². The first-order chi connectivity index (χ1) is 8.22. The second kappa shape index (κ2) is 4.34. The number of furan rings is 1. The summed E-state index contributed by atoms with van der Waals surface area (Å²) >= 11 is 0. The Hall–Kier alpha value is -1.02. The first-order valence-electron chi connectivity index (χ1n) is 6.72. The van der Waals surface area contributed by atoms with Crippen LogP contribution < -0.4 is 5.32 Å². The number of rotatable bonds is 5. The van der Waals surface area contributed by atoms with Crippen LogP contribution in [0.3, 0.4) is 0 Å². The van der Waals surface area contributed by atoms with Gasteiger partial charge in [-0.05, 0) is 50.3 Å². The van der Waals surface area contributed by atoms with E-state index in [9.17, 15) is 0 Å². The molecule has 2 unspecified atom stereocenters. The minimum absolute atomic E-state index is 0.682. The van der Waals surface area contributed by atoms with E-state index >= 15 is 0 Å².